The third-order valence-corrected chi connectivity index (χ3v) is 1.74. The first-order valence-electron chi connectivity index (χ1n) is 4.16. The fourth-order valence-corrected chi connectivity index (χ4v) is 1.02. The van der Waals surface area contributed by atoms with Gasteiger partial charge in [0.15, 0.2) is 0 Å². The number of aromatic nitrogens is 3. The molecule has 0 spiro atoms. The van der Waals surface area contributed by atoms with Crippen molar-refractivity contribution in [1.82, 2.24) is 14.9 Å². The van der Waals surface area contributed by atoms with Crippen molar-refractivity contribution in [1.29, 1.82) is 0 Å². The van der Waals surface area contributed by atoms with Gasteiger partial charge in [-0.15, -0.1) is 9.89 Å². The summed E-state index contributed by atoms with van der Waals surface area (Å²) in [6.45, 7) is 0. The van der Waals surface area contributed by atoms with Crippen LogP contribution in [0.25, 0.3) is 0 Å². The number of rotatable bonds is 2. The molecule has 0 aliphatic rings. The highest BCUT2D eigenvalue weighted by atomic mass is 16.3. The average molecular weight is 204 g/mol. The van der Waals surface area contributed by atoms with E-state index in [1.165, 1.54) is 35.8 Å². The maximum atomic E-state index is 9.42. The Labute approximate surface area is 85.1 Å². The Hall–Kier alpha value is -2.37. The summed E-state index contributed by atoms with van der Waals surface area (Å²) in [5, 5.41) is 26.1. The molecule has 0 atom stereocenters. The molecule has 2 rings (SSSR count). The van der Waals surface area contributed by atoms with E-state index in [4.69, 9.17) is 5.11 Å². The fraction of sp³-hybridized carbons (Fsp3) is 0. The maximum absolute atomic E-state index is 9.42. The lowest BCUT2D eigenvalue weighted by Gasteiger charge is -1.98. The number of hydrogen-bond acceptors (Lipinski definition) is 5. The molecule has 1 heterocycles. The number of benzene rings is 1. The van der Waals surface area contributed by atoms with E-state index in [9.17, 15) is 5.11 Å². The van der Waals surface area contributed by atoms with E-state index in [1.807, 2.05) is 0 Å². The van der Waals surface area contributed by atoms with Gasteiger partial charge in [-0.1, -0.05) is 0 Å². The molecule has 0 bridgehead atoms. The molecule has 0 saturated heterocycles. The zero-order valence-corrected chi connectivity index (χ0v) is 7.65. The Bertz CT molecular complexity index is 479. The summed E-state index contributed by atoms with van der Waals surface area (Å²) in [7, 11) is 0. The second-order valence-corrected chi connectivity index (χ2v) is 2.80. The summed E-state index contributed by atoms with van der Waals surface area (Å²) >= 11 is 0. The van der Waals surface area contributed by atoms with Crippen LogP contribution >= 0.6 is 0 Å². The van der Waals surface area contributed by atoms with Crippen molar-refractivity contribution < 1.29 is 10.2 Å². The summed E-state index contributed by atoms with van der Waals surface area (Å²) in [5.41, 5.74) is 0.489. The maximum Gasteiger partial charge on any atom is 0.139 e. The molecule has 0 fully saturated rings. The van der Waals surface area contributed by atoms with Crippen molar-refractivity contribution in [3.05, 3.63) is 36.4 Å². The second kappa shape index (κ2) is 3.79. The van der Waals surface area contributed by atoms with Crippen molar-refractivity contribution in [2.75, 3.05) is 0 Å². The summed E-state index contributed by atoms with van der Waals surface area (Å²) in [5.74, 6) is -0.0377. The molecule has 0 saturated carbocycles. The van der Waals surface area contributed by atoms with Gasteiger partial charge >= 0.3 is 0 Å². The average Bonchev–Trinajstić information content (AvgIpc) is 2.69. The molecule has 0 unspecified atom stereocenters. The first-order chi connectivity index (χ1) is 7.25. The molecule has 0 amide bonds. The van der Waals surface area contributed by atoms with Gasteiger partial charge in [-0.25, -0.2) is 4.98 Å². The minimum Gasteiger partial charge on any atom is -0.508 e. The van der Waals surface area contributed by atoms with E-state index in [0.717, 1.165) is 0 Å². The first kappa shape index (κ1) is 9.20. The summed E-state index contributed by atoms with van der Waals surface area (Å²) < 4.78 is 0. The molecule has 76 valence electrons. The Morgan fingerprint density at radius 2 is 2.20 bits per heavy atom. The topological polar surface area (TPSA) is 83.5 Å². The van der Waals surface area contributed by atoms with Crippen LogP contribution in [0.15, 0.2) is 36.0 Å². The van der Waals surface area contributed by atoms with Gasteiger partial charge in [-0.2, -0.15) is 5.10 Å². The van der Waals surface area contributed by atoms with Crippen LogP contribution < -0.4 is 0 Å². The zero-order chi connectivity index (χ0) is 10.7. The van der Waals surface area contributed by atoms with Gasteiger partial charge in [0.25, 0.3) is 0 Å². The minimum absolute atomic E-state index is 0.00501. The lowest BCUT2D eigenvalue weighted by atomic mass is 10.2. The Kier molecular flexibility index (Phi) is 2.32. The van der Waals surface area contributed by atoms with Crippen molar-refractivity contribution in [3.8, 4) is 11.5 Å². The van der Waals surface area contributed by atoms with Crippen LogP contribution in [0.1, 0.15) is 5.56 Å². The van der Waals surface area contributed by atoms with Crippen LogP contribution in [0.2, 0.25) is 0 Å². The Balaban J connectivity index is 2.24. The predicted octanol–water partition coefficient (Wildman–Crippen LogP) is 0.571. The molecule has 0 aliphatic heterocycles. The SMILES string of the molecule is Oc1ccc(/C=N\n2cncn2)c(O)c1. The summed E-state index contributed by atoms with van der Waals surface area (Å²) in [6.07, 6.45) is 4.20. The third kappa shape index (κ3) is 2.11. The van der Waals surface area contributed by atoms with Crippen molar-refractivity contribution in [2.24, 2.45) is 5.10 Å². The van der Waals surface area contributed by atoms with Gasteiger partial charge in [0.2, 0.25) is 0 Å². The first-order valence-corrected chi connectivity index (χ1v) is 4.16. The molecular weight excluding hydrogens is 196 g/mol. The highest BCUT2D eigenvalue weighted by Gasteiger charge is 1.98. The smallest absolute Gasteiger partial charge is 0.139 e. The highest BCUT2D eigenvalue weighted by Crippen LogP contribution is 2.20. The molecule has 1 aromatic heterocycles. The van der Waals surface area contributed by atoms with Gasteiger partial charge in [-0.3, -0.25) is 0 Å². The van der Waals surface area contributed by atoms with E-state index < -0.39 is 0 Å². The predicted molar refractivity (Wildman–Crippen MR) is 52.8 cm³/mol. The Morgan fingerprint density at radius 3 is 2.87 bits per heavy atom. The van der Waals surface area contributed by atoms with Gasteiger partial charge in [0, 0.05) is 11.6 Å². The standard InChI is InChI=1S/C9H8N4O2/c14-8-2-1-7(9(15)3-8)4-11-13-6-10-5-12-13/h1-6,14-15H/b11-4-. The van der Waals surface area contributed by atoms with E-state index >= 15 is 0 Å². The van der Waals surface area contributed by atoms with Crippen LogP contribution in [0.4, 0.5) is 0 Å². The van der Waals surface area contributed by atoms with Gasteiger partial charge in [0.1, 0.15) is 24.2 Å². The van der Waals surface area contributed by atoms with Crippen LogP contribution in [-0.2, 0) is 0 Å². The fourth-order valence-electron chi connectivity index (χ4n) is 1.02. The summed E-state index contributed by atoms with van der Waals surface area (Å²) in [6, 6.07) is 4.25. The molecule has 6 heteroatoms. The molecular formula is C9H8N4O2. The molecule has 0 aliphatic carbocycles. The van der Waals surface area contributed by atoms with Crippen LogP contribution in [0.5, 0.6) is 11.5 Å². The number of nitrogens with zero attached hydrogens (tertiary/aromatic N) is 4. The molecule has 2 aromatic rings. The zero-order valence-electron chi connectivity index (χ0n) is 7.65. The lowest BCUT2D eigenvalue weighted by Crippen LogP contribution is -1.90. The second-order valence-electron chi connectivity index (χ2n) is 2.80. The van der Waals surface area contributed by atoms with Gasteiger partial charge < -0.3 is 10.2 Å². The molecule has 2 N–H and O–H groups in total. The largest absolute Gasteiger partial charge is 0.508 e. The van der Waals surface area contributed by atoms with E-state index in [-0.39, 0.29) is 11.5 Å². The van der Waals surface area contributed by atoms with Crippen molar-refractivity contribution in [2.45, 2.75) is 0 Å². The van der Waals surface area contributed by atoms with Crippen molar-refractivity contribution >= 4 is 6.21 Å². The molecule has 0 radical (unpaired) electrons. The van der Waals surface area contributed by atoms with E-state index in [0.29, 0.717) is 5.56 Å². The van der Waals surface area contributed by atoms with Crippen LogP contribution in [0, 0.1) is 0 Å². The normalized spacial score (nSPS) is 10.9. The van der Waals surface area contributed by atoms with E-state index in [1.54, 1.807) is 6.07 Å². The minimum atomic E-state index is -0.0427. The molecule has 1 aromatic carbocycles. The number of hydrogen-bond donors (Lipinski definition) is 2. The monoisotopic (exact) mass is 204 g/mol. The lowest BCUT2D eigenvalue weighted by molar-refractivity contribution is 0.450. The highest BCUT2D eigenvalue weighted by molar-refractivity contribution is 5.83. The summed E-state index contributed by atoms with van der Waals surface area (Å²) in [4.78, 5) is 4.96. The van der Waals surface area contributed by atoms with Crippen LogP contribution in [-0.4, -0.2) is 31.3 Å². The van der Waals surface area contributed by atoms with Crippen LogP contribution in [0.3, 0.4) is 0 Å². The van der Waals surface area contributed by atoms with Gasteiger partial charge in [-0.05, 0) is 12.1 Å². The Morgan fingerprint density at radius 1 is 1.33 bits per heavy atom. The van der Waals surface area contributed by atoms with Gasteiger partial charge in [0.05, 0.1) is 6.21 Å². The van der Waals surface area contributed by atoms with Crippen molar-refractivity contribution in [3.63, 3.8) is 0 Å². The number of phenols is 2. The van der Waals surface area contributed by atoms with E-state index in [2.05, 4.69) is 15.2 Å². The molecule has 15 heavy (non-hydrogen) atoms. The molecule has 6 nitrogen and oxygen atoms in total. The number of aromatic hydroxyl groups is 2. The third-order valence-electron chi connectivity index (χ3n) is 1.74. The number of phenolic OH excluding ortho intramolecular Hbond substituents is 2. The quantitative estimate of drug-likeness (QED) is 0.700.